The maximum atomic E-state index is 13.0. The van der Waals surface area contributed by atoms with E-state index in [1.165, 1.54) is 16.9 Å². The van der Waals surface area contributed by atoms with Crippen LogP contribution in [0.2, 0.25) is 0 Å². The molecule has 3 aromatic carbocycles. The highest BCUT2D eigenvalue weighted by Gasteiger charge is 2.24. The van der Waals surface area contributed by atoms with Crippen LogP contribution in [0, 0.1) is 0 Å². The summed E-state index contributed by atoms with van der Waals surface area (Å²) in [7, 11) is 0. The van der Waals surface area contributed by atoms with Gasteiger partial charge in [0.05, 0.1) is 21.5 Å². The lowest BCUT2D eigenvalue weighted by molar-refractivity contribution is 0.0908. The third-order valence-electron chi connectivity index (χ3n) is 9.04. The number of nitrogens with one attached hydrogen (secondary N) is 1. The topological polar surface area (TPSA) is 158 Å². The van der Waals surface area contributed by atoms with Crippen molar-refractivity contribution in [1.29, 1.82) is 0 Å². The van der Waals surface area contributed by atoms with Crippen molar-refractivity contribution in [3.8, 4) is 28.3 Å². The summed E-state index contributed by atoms with van der Waals surface area (Å²) < 4.78 is 2.89. The van der Waals surface area contributed by atoms with Crippen molar-refractivity contribution in [3.63, 3.8) is 0 Å². The van der Waals surface area contributed by atoms with Crippen molar-refractivity contribution in [2.45, 2.75) is 25.4 Å². The number of nitrogen functional groups attached to an aromatic ring is 1. The van der Waals surface area contributed by atoms with Gasteiger partial charge in [0.15, 0.2) is 16.5 Å². The monoisotopic (exact) mass is 679 g/mol. The van der Waals surface area contributed by atoms with Crippen LogP contribution in [0.4, 0.5) is 5.82 Å². The highest BCUT2D eigenvalue weighted by atomic mass is 32.1. The molecule has 0 saturated carbocycles. The van der Waals surface area contributed by atoms with Gasteiger partial charge in [-0.15, -0.1) is 11.3 Å². The van der Waals surface area contributed by atoms with Crippen LogP contribution in [-0.4, -0.2) is 60.3 Å². The molecule has 1 aliphatic rings. The zero-order chi connectivity index (χ0) is 34.2. The second-order valence-electron chi connectivity index (χ2n) is 12.4. The van der Waals surface area contributed by atoms with E-state index in [0.29, 0.717) is 27.7 Å². The van der Waals surface area contributed by atoms with E-state index in [9.17, 15) is 9.59 Å². The summed E-state index contributed by atoms with van der Waals surface area (Å²) in [6.07, 6.45) is 3.36. The Labute approximate surface area is 291 Å². The van der Waals surface area contributed by atoms with E-state index < -0.39 is 5.91 Å². The number of anilines is 1. The van der Waals surface area contributed by atoms with Gasteiger partial charge < -0.3 is 16.8 Å². The van der Waals surface area contributed by atoms with E-state index in [-0.39, 0.29) is 11.9 Å². The summed E-state index contributed by atoms with van der Waals surface area (Å²) in [5.74, 6) is 0.380. The molecule has 12 heteroatoms. The second-order valence-corrected chi connectivity index (χ2v) is 13.4. The van der Waals surface area contributed by atoms with Crippen LogP contribution < -0.4 is 16.8 Å². The second kappa shape index (κ2) is 13.1. The van der Waals surface area contributed by atoms with Gasteiger partial charge in [-0.2, -0.15) is 0 Å². The van der Waals surface area contributed by atoms with Gasteiger partial charge in [-0.1, -0.05) is 42.5 Å². The standard InChI is InChI=1S/C38H33N9O2S/c39-33-28(7-4-18-41-33)35-44-30-14-13-29(24-5-2-1-3-6-24)43-36(30)47(35)27-11-8-23(9-12-27)22-46-19-16-26(17-20-46)42-37(49)38-45-31-21-25(34(40)48)10-15-32(31)50-38/h1-15,18,21,26H,16-17,19-20,22H2,(H2,39,41)(H2,40,48)(H,42,49). The van der Waals surface area contributed by atoms with Crippen molar-refractivity contribution in [2.75, 3.05) is 18.8 Å². The van der Waals surface area contributed by atoms with Crippen molar-refractivity contribution < 1.29 is 9.59 Å². The molecular weight excluding hydrogens is 647 g/mol. The number of nitrogens with two attached hydrogens (primary N) is 2. The molecule has 0 bridgehead atoms. The fourth-order valence-corrected chi connectivity index (χ4v) is 7.28. The van der Waals surface area contributed by atoms with Crippen LogP contribution in [0.1, 0.15) is 38.6 Å². The third kappa shape index (κ3) is 6.17. The van der Waals surface area contributed by atoms with Gasteiger partial charge in [0.2, 0.25) is 5.91 Å². The number of hydrogen-bond donors (Lipinski definition) is 3. The molecule has 1 aliphatic heterocycles. The number of benzene rings is 3. The number of aromatic nitrogens is 5. The van der Waals surface area contributed by atoms with E-state index in [2.05, 4.69) is 49.0 Å². The van der Waals surface area contributed by atoms with Crippen LogP contribution >= 0.6 is 11.3 Å². The lowest BCUT2D eigenvalue weighted by Crippen LogP contribution is -2.44. The number of imidazole rings is 1. The molecule has 0 aliphatic carbocycles. The molecule has 2 amide bonds. The Morgan fingerprint density at radius 3 is 2.42 bits per heavy atom. The minimum Gasteiger partial charge on any atom is -0.383 e. The molecule has 0 atom stereocenters. The molecule has 1 fully saturated rings. The largest absolute Gasteiger partial charge is 0.383 e. The first-order valence-electron chi connectivity index (χ1n) is 16.4. The minimum absolute atomic E-state index is 0.0652. The minimum atomic E-state index is -0.518. The normalized spacial score (nSPS) is 13.9. The van der Waals surface area contributed by atoms with Crippen LogP contribution in [0.5, 0.6) is 0 Å². The summed E-state index contributed by atoms with van der Waals surface area (Å²) in [6, 6.07) is 31.5. The Balaban J connectivity index is 0.971. The lowest BCUT2D eigenvalue weighted by Gasteiger charge is -2.32. The fourth-order valence-electron chi connectivity index (χ4n) is 6.43. The van der Waals surface area contributed by atoms with E-state index in [4.69, 9.17) is 21.4 Å². The molecule has 5 heterocycles. The van der Waals surface area contributed by atoms with Gasteiger partial charge in [0.1, 0.15) is 11.3 Å². The van der Waals surface area contributed by atoms with Crippen LogP contribution in [0.3, 0.4) is 0 Å². The molecule has 5 N–H and O–H groups in total. The average molecular weight is 680 g/mol. The van der Waals surface area contributed by atoms with Crippen LogP contribution in [0.25, 0.3) is 49.7 Å². The highest BCUT2D eigenvalue weighted by molar-refractivity contribution is 7.20. The Morgan fingerprint density at radius 2 is 1.66 bits per heavy atom. The molecule has 50 heavy (non-hydrogen) atoms. The van der Waals surface area contributed by atoms with Crippen LogP contribution in [0.15, 0.2) is 103 Å². The molecule has 11 nitrogen and oxygen atoms in total. The third-order valence-corrected chi connectivity index (χ3v) is 10.1. The van der Waals surface area contributed by atoms with E-state index in [1.807, 2.05) is 54.6 Å². The SMILES string of the molecule is NC(=O)c1ccc2sc(C(=O)NC3CCN(Cc4ccc(-n5c(-c6cccnc6N)nc6ccc(-c7ccccc7)nc65)cc4)CC3)nc2c1. The molecule has 248 valence electrons. The van der Waals surface area contributed by atoms with Crippen molar-refractivity contribution in [2.24, 2.45) is 5.73 Å². The number of fused-ring (bicyclic) bond motifs is 2. The number of hydrogen-bond acceptors (Lipinski definition) is 9. The molecular formula is C38H33N9O2S. The number of thiazole rings is 1. The molecule has 7 aromatic rings. The van der Waals surface area contributed by atoms with Gasteiger partial charge in [0, 0.05) is 48.7 Å². The lowest BCUT2D eigenvalue weighted by atomic mass is 10.0. The number of rotatable bonds is 8. The van der Waals surface area contributed by atoms with Gasteiger partial charge in [-0.05, 0) is 73.0 Å². The van der Waals surface area contributed by atoms with Gasteiger partial charge >= 0.3 is 0 Å². The first-order valence-corrected chi connectivity index (χ1v) is 17.2. The molecule has 0 spiro atoms. The predicted octanol–water partition coefficient (Wildman–Crippen LogP) is 5.83. The summed E-state index contributed by atoms with van der Waals surface area (Å²) in [6.45, 7) is 2.51. The molecule has 0 radical (unpaired) electrons. The first-order chi connectivity index (χ1) is 24.4. The quantitative estimate of drug-likeness (QED) is 0.181. The Hall–Kier alpha value is -5.98. The van der Waals surface area contributed by atoms with Crippen molar-refractivity contribution in [1.82, 2.24) is 34.7 Å². The van der Waals surface area contributed by atoms with E-state index in [0.717, 1.165) is 70.8 Å². The fraction of sp³-hybridized carbons (Fsp3) is 0.158. The zero-order valence-electron chi connectivity index (χ0n) is 27.0. The Morgan fingerprint density at radius 1 is 0.860 bits per heavy atom. The maximum Gasteiger partial charge on any atom is 0.280 e. The van der Waals surface area contributed by atoms with Crippen LogP contribution in [-0.2, 0) is 6.54 Å². The average Bonchev–Trinajstić information content (AvgIpc) is 3.75. The number of pyridine rings is 2. The van der Waals surface area contributed by atoms with Crippen molar-refractivity contribution in [3.05, 3.63) is 119 Å². The smallest absolute Gasteiger partial charge is 0.280 e. The number of primary amides is 1. The van der Waals surface area contributed by atoms with Gasteiger partial charge in [-0.25, -0.2) is 19.9 Å². The number of likely N-dealkylation sites (tertiary alicyclic amines) is 1. The van der Waals surface area contributed by atoms with Gasteiger partial charge in [0.25, 0.3) is 5.91 Å². The van der Waals surface area contributed by atoms with E-state index in [1.54, 1.807) is 24.4 Å². The number of piperidine rings is 1. The summed E-state index contributed by atoms with van der Waals surface area (Å²) in [5, 5.41) is 3.54. The summed E-state index contributed by atoms with van der Waals surface area (Å²) in [5.41, 5.74) is 19.0. The summed E-state index contributed by atoms with van der Waals surface area (Å²) >= 11 is 1.31. The first kappa shape index (κ1) is 31.3. The molecule has 8 rings (SSSR count). The zero-order valence-corrected chi connectivity index (χ0v) is 27.8. The number of carbonyl (C=O) groups is 2. The Kier molecular flexibility index (Phi) is 8.23. The molecule has 4 aromatic heterocycles. The van der Waals surface area contributed by atoms with Gasteiger partial charge in [-0.3, -0.25) is 19.1 Å². The maximum absolute atomic E-state index is 13.0. The van der Waals surface area contributed by atoms with Crippen molar-refractivity contribution >= 4 is 50.3 Å². The molecule has 0 unspecified atom stereocenters. The Bertz CT molecular complexity index is 2360. The predicted molar refractivity (Wildman–Crippen MR) is 196 cm³/mol. The van der Waals surface area contributed by atoms with E-state index >= 15 is 0 Å². The summed E-state index contributed by atoms with van der Waals surface area (Å²) in [4.78, 5) is 45.7. The molecule has 1 saturated heterocycles. The number of carbonyl (C=O) groups excluding carboxylic acids is 2. The number of amides is 2. The highest BCUT2D eigenvalue weighted by Crippen LogP contribution is 2.32. The number of nitrogens with zero attached hydrogens (tertiary/aromatic N) is 6.